The Balaban J connectivity index is 1.68. The molecule has 0 radical (unpaired) electrons. The number of hydrogen-bond acceptors (Lipinski definition) is 5. The predicted octanol–water partition coefficient (Wildman–Crippen LogP) is 1.74. The van der Waals surface area contributed by atoms with Gasteiger partial charge in [0.1, 0.15) is 5.54 Å². The zero-order valence-electron chi connectivity index (χ0n) is 17.6. The zero-order valence-corrected chi connectivity index (χ0v) is 18.5. The number of ketones is 1. The van der Waals surface area contributed by atoms with Crippen LogP contribution in [0.5, 0.6) is 0 Å². The topological polar surface area (TPSA) is 113 Å². The second kappa shape index (κ2) is 8.60. The molecule has 0 bridgehead atoms. The van der Waals surface area contributed by atoms with E-state index < -0.39 is 27.5 Å². The number of Topliss-reactive ketones (excluding diaryl/α,β-unsaturated/α-hetero) is 1. The molecule has 0 aromatic heterocycles. The minimum atomic E-state index is -3.25. The highest BCUT2D eigenvalue weighted by atomic mass is 32.2. The van der Waals surface area contributed by atoms with E-state index in [1.54, 1.807) is 43.3 Å². The van der Waals surface area contributed by atoms with Crippen LogP contribution in [0.25, 0.3) is 0 Å². The van der Waals surface area contributed by atoms with Crippen LogP contribution in [0, 0.1) is 6.92 Å². The Bertz CT molecular complexity index is 1130. The van der Waals surface area contributed by atoms with Crippen LogP contribution >= 0.6 is 0 Å². The summed E-state index contributed by atoms with van der Waals surface area (Å²) in [5, 5.41) is 2.72. The van der Waals surface area contributed by atoms with E-state index in [4.69, 9.17) is 0 Å². The van der Waals surface area contributed by atoms with Crippen molar-refractivity contribution >= 4 is 27.7 Å². The fourth-order valence-corrected chi connectivity index (χ4v) is 4.10. The fourth-order valence-electron chi connectivity index (χ4n) is 3.63. The fraction of sp³-hybridized carbons (Fsp3) is 0.318. The third-order valence-corrected chi connectivity index (χ3v) is 6.04. The number of amides is 3. The molecule has 8 nitrogen and oxygen atoms in total. The van der Waals surface area contributed by atoms with Gasteiger partial charge in [-0.3, -0.25) is 14.5 Å². The number of nitrogens with zero attached hydrogens (tertiary/aromatic N) is 1. The summed E-state index contributed by atoms with van der Waals surface area (Å²) in [6, 6.07) is 13.4. The number of rotatable bonds is 8. The summed E-state index contributed by atoms with van der Waals surface area (Å²) in [6.45, 7) is 3.40. The molecular formula is C22H25N3O5S. The van der Waals surface area contributed by atoms with Gasteiger partial charge in [0.2, 0.25) is 10.0 Å². The van der Waals surface area contributed by atoms with E-state index in [1.807, 2.05) is 19.1 Å². The Morgan fingerprint density at radius 1 is 1.10 bits per heavy atom. The SMILES string of the molecule is Cc1ccccc1C1(C)NC(=O)N(CC(=O)c2ccc(CCNS(C)(=O)=O)cc2)C1=O. The number of carbonyl (C=O) groups excluding carboxylic acids is 3. The van der Waals surface area contributed by atoms with Gasteiger partial charge in [-0.2, -0.15) is 0 Å². The number of urea groups is 1. The summed E-state index contributed by atoms with van der Waals surface area (Å²) in [5.74, 6) is -0.832. The predicted molar refractivity (Wildman–Crippen MR) is 116 cm³/mol. The van der Waals surface area contributed by atoms with Gasteiger partial charge in [0.05, 0.1) is 12.8 Å². The first-order valence-corrected chi connectivity index (χ1v) is 11.7. The molecule has 0 aliphatic carbocycles. The van der Waals surface area contributed by atoms with Crippen molar-refractivity contribution in [1.29, 1.82) is 0 Å². The van der Waals surface area contributed by atoms with Crippen LogP contribution in [0.15, 0.2) is 48.5 Å². The van der Waals surface area contributed by atoms with Crippen molar-refractivity contribution in [2.75, 3.05) is 19.3 Å². The molecule has 1 saturated heterocycles. The van der Waals surface area contributed by atoms with Crippen molar-refractivity contribution in [2.45, 2.75) is 25.8 Å². The van der Waals surface area contributed by atoms with Crippen molar-refractivity contribution < 1.29 is 22.8 Å². The van der Waals surface area contributed by atoms with E-state index in [1.165, 1.54) is 0 Å². The van der Waals surface area contributed by atoms with Crippen molar-refractivity contribution in [3.05, 3.63) is 70.8 Å². The summed E-state index contributed by atoms with van der Waals surface area (Å²) in [5.41, 5.74) is 1.56. The van der Waals surface area contributed by atoms with Gasteiger partial charge in [0, 0.05) is 12.1 Å². The Labute approximate surface area is 181 Å². The highest BCUT2D eigenvalue weighted by Gasteiger charge is 2.49. The molecule has 1 heterocycles. The van der Waals surface area contributed by atoms with Gasteiger partial charge in [0.25, 0.3) is 5.91 Å². The summed E-state index contributed by atoms with van der Waals surface area (Å²) < 4.78 is 24.6. The summed E-state index contributed by atoms with van der Waals surface area (Å²) in [7, 11) is -3.25. The lowest BCUT2D eigenvalue weighted by molar-refractivity contribution is -0.130. The minimum Gasteiger partial charge on any atom is -0.319 e. The van der Waals surface area contributed by atoms with Crippen molar-refractivity contribution in [2.24, 2.45) is 0 Å². The number of benzene rings is 2. The van der Waals surface area contributed by atoms with E-state index in [2.05, 4.69) is 10.0 Å². The zero-order chi connectivity index (χ0) is 22.8. The van der Waals surface area contributed by atoms with Gasteiger partial charge in [-0.1, -0.05) is 48.5 Å². The van der Waals surface area contributed by atoms with Gasteiger partial charge in [-0.05, 0) is 37.0 Å². The molecule has 1 atom stereocenters. The molecule has 2 N–H and O–H groups in total. The Kier molecular flexibility index (Phi) is 6.28. The lowest BCUT2D eigenvalue weighted by Gasteiger charge is -2.24. The molecule has 1 fully saturated rings. The molecule has 31 heavy (non-hydrogen) atoms. The molecule has 1 aliphatic heterocycles. The largest absolute Gasteiger partial charge is 0.325 e. The Morgan fingerprint density at radius 3 is 2.35 bits per heavy atom. The standard InChI is InChI=1S/C22H25N3O5S/c1-15-6-4-5-7-18(15)22(2)20(27)25(21(28)24-22)14-19(26)17-10-8-16(9-11-17)12-13-23-31(3,29)30/h4-11,23H,12-14H2,1-3H3,(H,24,28). The van der Waals surface area contributed by atoms with Gasteiger partial charge < -0.3 is 5.32 Å². The quantitative estimate of drug-likeness (QED) is 0.477. The molecular weight excluding hydrogens is 418 g/mol. The summed E-state index contributed by atoms with van der Waals surface area (Å²) >= 11 is 0. The lowest BCUT2D eigenvalue weighted by atomic mass is 9.88. The second-order valence-electron chi connectivity index (χ2n) is 7.80. The summed E-state index contributed by atoms with van der Waals surface area (Å²) in [4.78, 5) is 39.2. The maximum Gasteiger partial charge on any atom is 0.325 e. The van der Waals surface area contributed by atoms with E-state index in [0.717, 1.165) is 22.3 Å². The van der Waals surface area contributed by atoms with E-state index >= 15 is 0 Å². The molecule has 0 spiro atoms. The van der Waals surface area contributed by atoms with E-state index in [0.29, 0.717) is 17.5 Å². The molecule has 0 saturated carbocycles. The number of imide groups is 1. The van der Waals surface area contributed by atoms with Crippen molar-refractivity contribution in [1.82, 2.24) is 14.9 Å². The number of aryl methyl sites for hydroxylation is 1. The maximum absolute atomic E-state index is 13.0. The lowest BCUT2D eigenvalue weighted by Crippen LogP contribution is -2.42. The minimum absolute atomic E-state index is 0.256. The average molecular weight is 444 g/mol. The number of carbonyl (C=O) groups is 3. The molecule has 2 aromatic carbocycles. The monoisotopic (exact) mass is 443 g/mol. The van der Waals surface area contributed by atoms with Crippen molar-refractivity contribution in [3.63, 3.8) is 0 Å². The highest BCUT2D eigenvalue weighted by molar-refractivity contribution is 7.88. The number of hydrogen-bond donors (Lipinski definition) is 2. The first kappa shape index (κ1) is 22.6. The van der Waals surface area contributed by atoms with Crippen LogP contribution < -0.4 is 10.0 Å². The maximum atomic E-state index is 13.0. The van der Waals surface area contributed by atoms with Crippen LogP contribution in [0.2, 0.25) is 0 Å². The van der Waals surface area contributed by atoms with E-state index in [-0.39, 0.29) is 18.9 Å². The molecule has 3 rings (SSSR count). The third-order valence-electron chi connectivity index (χ3n) is 5.31. The normalized spacial score (nSPS) is 18.9. The van der Waals surface area contributed by atoms with Crippen LogP contribution in [0.3, 0.4) is 0 Å². The van der Waals surface area contributed by atoms with Crippen LogP contribution in [-0.2, 0) is 26.8 Å². The molecule has 2 aromatic rings. The number of sulfonamides is 1. The van der Waals surface area contributed by atoms with Gasteiger partial charge in [0.15, 0.2) is 5.78 Å². The second-order valence-corrected chi connectivity index (χ2v) is 9.63. The molecule has 1 aliphatic rings. The highest BCUT2D eigenvalue weighted by Crippen LogP contribution is 2.31. The van der Waals surface area contributed by atoms with Crippen LogP contribution in [0.4, 0.5) is 4.79 Å². The molecule has 164 valence electrons. The summed E-state index contributed by atoms with van der Waals surface area (Å²) in [6.07, 6.45) is 1.57. The van der Waals surface area contributed by atoms with E-state index in [9.17, 15) is 22.8 Å². The average Bonchev–Trinajstić information content (AvgIpc) is 2.91. The third kappa shape index (κ3) is 5.00. The first-order valence-electron chi connectivity index (χ1n) is 9.78. The number of nitrogens with one attached hydrogen (secondary N) is 2. The van der Waals surface area contributed by atoms with Crippen LogP contribution in [-0.4, -0.2) is 50.4 Å². The smallest absolute Gasteiger partial charge is 0.319 e. The molecule has 3 amide bonds. The van der Waals surface area contributed by atoms with Gasteiger partial charge in [-0.15, -0.1) is 0 Å². The van der Waals surface area contributed by atoms with Crippen molar-refractivity contribution in [3.8, 4) is 0 Å². The first-order chi connectivity index (χ1) is 14.5. The van der Waals surface area contributed by atoms with Crippen LogP contribution in [0.1, 0.15) is 34.0 Å². The Morgan fingerprint density at radius 2 is 1.74 bits per heavy atom. The Hall–Kier alpha value is -3.04. The molecule has 1 unspecified atom stereocenters. The molecule has 9 heteroatoms. The van der Waals surface area contributed by atoms with Gasteiger partial charge >= 0.3 is 6.03 Å². The van der Waals surface area contributed by atoms with Gasteiger partial charge in [-0.25, -0.2) is 17.9 Å².